The van der Waals surface area contributed by atoms with Gasteiger partial charge in [0.05, 0.1) is 11.9 Å². The molecule has 144 valence electrons. The number of piperidine rings is 1. The summed E-state index contributed by atoms with van der Waals surface area (Å²) in [6, 6.07) is 10.1. The number of aliphatic hydroxyl groups is 1. The minimum absolute atomic E-state index is 0.192. The van der Waals surface area contributed by atoms with Crippen LogP contribution in [-0.2, 0) is 10.4 Å². The molecule has 1 fully saturated rings. The van der Waals surface area contributed by atoms with Gasteiger partial charge in [-0.3, -0.25) is 4.79 Å². The highest BCUT2D eigenvalue weighted by Gasteiger charge is 2.37. The highest BCUT2D eigenvalue weighted by Crippen LogP contribution is 2.35. The Morgan fingerprint density at radius 1 is 1.19 bits per heavy atom. The number of carboxylic acids is 1. The van der Waals surface area contributed by atoms with E-state index in [2.05, 4.69) is 0 Å². The smallest absolute Gasteiger partial charge is 0.347 e. The fourth-order valence-electron chi connectivity index (χ4n) is 3.11. The van der Waals surface area contributed by atoms with Crippen molar-refractivity contribution in [3.63, 3.8) is 0 Å². The molecule has 0 bridgehead atoms. The SMILES string of the molecule is CC(C)(Oc1cccc(C2(O)CCN(C(=O)c3ccco3)CC2)c1)C(=O)O. The number of nitrogens with zero attached hydrogens (tertiary/aromatic N) is 1. The van der Waals surface area contributed by atoms with Crippen molar-refractivity contribution in [3.05, 3.63) is 54.0 Å². The van der Waals surface area contributed by atoms with E-state index in [-0.39, 0.29) is 11.7 Å². The normalized spacial score (nSPS) is 16.8. The highest BCUT2D eigenvalue weighted by molar-refractivity contribution is 5.91. The van der Waals surface area contributed by atoms with E-state index >= 15 is 0 Å². The van der Waals surface area contributed by atoms with E-state index in [4.69, 9.17) is 9.15 Å². The molecule has 0 radical (unpaired) electrons. The number of hydrogen-bond acceptors (Lipinski definition) is 5. The average Bonchev–Trinajstić information content (AvgIpc) is 3.16. The van der Waals surface area contributed by atoms with Gasteiger partial charge >= 0.3 is 5.97 Å². The minimum atomic E-state index is -1.37. The van der Waals surface area contributed by atoms with Gasteiger partial charge in [-0.1, -0.05) is 12.1 Å². The van der Waals surface area contributed by atoms with Crippen LogP contribution < -0.4 is 4.74 Å². The molecule has 0 unspecified atom stereocenters. The number of likely N-dealkylation sites (tertiary alicyclic amines) is 1. The first-order chi connectivity index (χ1) is 12.7. The quantitative estimate of drug-likeness (QED) is 0.836. The van der Waals surface area contributed by atoms with Crippen LogP contribution in [0.4, 0.5) is 0 Å². The highest BCUT2D eigenvalue weighted by atomic mass is 16.5. The fourth-order valence-corrected chi connectivity index (χ4v) is 3.11. The molecule has 27 heavy (non-hydrogen) atoms. The summed E-state index contributed by atoms with van der Waals surface area (Å²) in [5, 5.41) is 20.3. The predicted molar refractivity (Wildman–Crippen MR) is 96.5 cm³/mol. The molecule has 2 N–H and O–H groups in total. The molecule has 1 aliphatic rings. The third-order valence-corrected chi connectivity index (χ3v) is 4.87. The molecule has 7 heteroatoms. The molecule has 7 nitrogen and oxygen atoms in total. The number of carboxylic acid groups (broad SMARTS) is 1. The zero-order valence-electron chi connectivity index (χ0n) is 15.3. The van der Waals surface area contributed by atoms with Gasteiger partial charge in [0.25, 0.3) is 5.91 Å². The molecule has 2 heterocycles. The van der Waals surface area contributed by atoms with Crippen LogP contribution in [0.5, 0.6) is 5.75 Å². The number of hydrogen-bond donors (Lipinski definition) is 2. The van der Waals surface area contributed by atoms with Gasteiger partial charge in [0.2, 0.25) is 0 Å². The minimum Gasteiger partial charge on any atom is -0.478 e. The van der Waals surface area contributed by atoms with Gasteiger partial charge < -0.3 is 24.3 Å². The van der Waals surface area contributed by atoms with Crippen LogP contribution in [0.2, 0.25) is 0 Å². The summed E-state index contributed by atoms with van der Waals surface area (Å²) in [5.74, 6) is -0.604. The van der Waals surface area contributed by atoms with Crippen molar-refractivity contribution < 1.29 is 29.0 Å². The summed E-state index contributed by atoms with van der Waals surface area (Å²) in [7, 11) is 0. The molecule has 3 rings (SSSR count). The van der Waals surface area contributed by atoms with Crippen molar-refractivity contribution >= 4 is 11.9 Å². The van der Waals surface area contributed by atoms with E-state index in [1.807, 2.05) is 0 Å². The van der Waals surface area contributed by atoms with Crippen LogP contribution in [-0.4, -0.2) is 45.7 Å². The Morgan fingerprint density at radius 3 is 2.48 bits per heavy atom. The second kappa shape index (κ2) is 7.08. The number of amides is 1. The standard InChI is InChI=1S/C20H23NO6/c1-19(2,18(23)24)27-15-6-3-5-14(13-15)20(25)8-10-21(11-9-20)17(22)16-7-4-12-26-16/h3-7,12-13,25H,8-11H2,1-2H3,(H,23,24). The van der Waals surface area contributed by atoms with E-state index in [0.29, 0.717) is 37.2 Å². The number of carbonyl (C=O) groups excluding carboxylic acids is 1. The lowest BCUT2D eigenvalue weighted by molar-refractivity contribution is -0.152. The van der Waals surface area contributed by atoms with Gasteiger partial charge in [0, 0.05) is 13.1 Å². The molecule has 1 amide bonds. The molecule has 1 aliphatic heterocycles. The van der Waals surface area contributed by atoms with E-state index in [1.165, 1.54) is 20.1 Å². The number of ether oxygens (including phenoxy) is 1. The Kier molecular flexibility index (Phi) is 4.97. The second-order valence-electron chi connectivity index (χ2n) is 7.25. The molecule has 1 aromatic heterocycles. The topological polar surface area (TPSA) is 100 Å². The first-order valence-electron chi connectivity index (χ1n) is 8.79. The third kappa shape index (κ3) is 3.98. The molecular formula is C20H23NO6. The van der Waals surface area contributed by atoms with Crippen LogP contribution in [0.1, 0.15) is 42.8 Å². The van der Waals surface area contributed by atoms with Crippen LogP contribution >= 0.6 is 0 Å². The summed E-state index contributed by atoms with van der Waals surface area (Å²) >= 11 is 0. The van der Waals surface area contributed by atoms with E-state index in [1.54, 1.807) is 41.3 Å². The molecule has 0 spiro atoms. The van der Waals surface area contributed by atoms with Crippen molar-refractivity contribution in [2.45, 2.75) is 37.9 Å². The lowest BCUT2D eigenvalue weighted by atomic mass is 9.84. The van der Waals surface area contributed by atoms with Crippen LogP contribution in [0.25, 0.3) is 0 Å². The zero-order chi connectivity index (χ0) is 19.7. The summed E-state index contributed by atoms with van der Waals surface area (Å²) < 4.78 is 10.7. The Balaban J connectivity index is 1.71. The zero-order valence-corrected chi connectivity index (χ0v) is 15.3. The molecule has 0 aliphatic carbocycles. The van der Waals surface area contributed by atoms with Gasteiger partial charge in [-0.15, -0.1) is 0 Å². The maximum Gasteiger partial charge on any atom is 0.347 e. The van der Waals surface area contributed by atoms with E-state index < -0.39 is 17.2 Å². The van der Waals surface area contributed by atoms with Gasteiger partial charge in [-0.25, -0.2) is 4.79 Å². The maximum atomic E-state index is 12.4. The number of rotatable bonds is 5. The largest absolute Gasteiger partial charge is 0.478 e. The second-order valence-corrected chi connectivity index (χ2v) is 7.25. The molecule has 2 aromatic rings. The molecule has 0 atom stereocenters. The third-order valence-electron chi connectivity index (χ3n) is 4.87. The van der Waals surface area contributed by atoms with Crippen LogP contribution in [0, 0.1) is 0 Å². The number of furan rings is 1. The summed E-state index contributed by atoms with van der Waals surface area (Å²) in [6.45, 7) is 3.72. The molecular weight excluding hydrogens is 350 g/mol. The van der Waals surface area contributed by atoms with Gasteiger partial charge in [-0.2, -0.15) is 0 Å². The Bertz CT molecular complexity index is 819. The first-order valence-corrected chi connectivity index (χ1v) is 8.79. The van der Waals surface area contributed by atoms with Gasteiger partial charge in [0.1, 0.15) is 5.75 Å². The van der Waals surface area contributed by atoms with Crippen LogP contribution in [0.15, 0.2) is 47.1 Å². The molecule has 1 saturated heterocycles. The monoisotopic (exact) mass is 373 g/mol. The number of aliphatic carboxylic acids is 1. The number of carbonyl (C=O) groups is 2. The summed E-state index contributed by atoms with van der Waals surface area (Å²) in [5.41, 5.74) is -1.83. The molecule has 0 saturated carbocycles. The Hall–Kier alpha value is -2.80. The van der Waals surface area contributed by atoms with Crippen molar-refractivity contribution in [1.82, 2.24) is 4.90 Å². The van der Waals surface area contributed by atoms with Crippen molar-refractivity contribution in [2.75, 3.05) is 13.1 Å². The van der Waals surface area contributed by atoms with Crippen LogP contribution in [0.3, 0.4) is 0 Å². The summed E-state index contributed by atoms with van der Waals surface area (Å²) in [4.78, 5) is 25.3. The number of benzene rings is 1. The Labute approximate surface area is 157 Å². The first kappa shape index (κ1) is 19.0. The lowest BCUT2D eigenvalue weighted by Crippen LogP contribution is -2.45. The molecule has 1 aromatic carbocycles. The average molecular weight is 373 g/mol. The van der Waals surface area contributed by atoms with Crippen molar-refractivity contribution in [1.29, 1.82) is 0 Å². The van der Waals surface area contributed by atoms with Gasteiger partial charge in [0.15, 0.2) is 11.4 Å². The fraction of sp³-hybridized carbons (Fsp3) is 0.400. The van der Waals surface area contributed by atoms with E-state index in [0.717, 1.165) is 0 Å². The van der Waals surface area contributed by atoms with Crippen molar-refractivity contribution in [3.8, 4) is 5.75 Å². The lowest BCUT2D eigenvalue weighted by Gasteiger charge is -2.38. The predicted octanol–water partition coefficient (Wildman–Crippen LogP) is 2.65. The summed E-state index contributed by atoms with van der Waals surface area (Å²) in [6.07, 6.45) is 2.19. The van der Waals surface area contributed by atoms with E-state index in [9.17, 15) is 19.8 Å². The van der Waals surface area contributed by atoms with Gasteiger partial charge in [-0.05, 0) is 56.5 Å². The Morgan fingerprint density at radius 2 is 1.89 bits per heavy atom. The maximum absolute atomic E-state index is 12.4. The van der Waals surface area contributed by atoms with Crippen molar-refractivity contribution in [2.24, 2.45) is 0 Å².